The fourth-order valence-electron chi connectivity index (χ4n) is 14.6. The van der Waals surface area contributed by atoms with Crippen LogP contribution in [0.3, 0.4) is 0 Å². The van der Waals surface area contributed by atoms with Crippen LogP contribution < -0.4 is 28.4 Å². The molecule has 36 heteroatoms. The molecule has 8 aromatic rings. The lowest BCUT2D eigenvalue weighted by atomic mass is 10.0. The summed E-state index contributed by atoms with van der Waals surface area (Å²) >= 11 is 0. The summed E-state index contributed by atoms with van der Waals surface area (Å²) < 4.78 is 119. The number of hydrogen-bond donors (Lipinski definition) is 2. The molecule has 14 rings (SSSR count). The molecule has 0 radical (unpaired) electrons. The molecule has 758 valence electrons. The van der Waals surface area contributed by atoms with Crippen molar-refractivity contribution in [1.29, 1.82) is 0 Å². The molecule has 8 aromatic carbocycles. The van der Waals surface area contributed by atoms with Crippen LogP contribution in [-0.2, 0) is 105 Å². The predicted molar refractivity (Wildman–Crippen MR) is 511 cm³/mol. The van der Waals surface area contributed by atoms with Crippen molar-refractivity contribution in [3.63, 3.8) is 0 Å². The van der Waals surface area contributed by atoms with Crippen LogP contribution in [0.5, 0.6) is 34.5 Å². The summed E-state index contributed by atoms with van der Waals surface area (Å²) in [6, 6.07) is 51.8. The number of unbranched alkanes of at least 4 members (excludes halogenated alkanes) is 4. The minimum absolute atomic E-state index is 0.0254. The van der Waals surface area contributed by atoms with Gasteiger partial charge in [0.2, 0.25) is 0 Å². The number of benzene rings is 8. The second-order valence-electron chi connectivity index (χ2n) is 33.0. The van der Waals surface area contributed by atoms with E-state index in [2.05, 4.69) is 27.0 Å². The van der Waals surface area contributed by atoms with E-state index in [1.165, 1.54) is 121 Å². The summed E-state index contributed by atoms with van der Waals surface area (Å²) in [5.74, 6) is -9.98. The van der Waals surface area contributed by atoms with E-state index < -0.39 is 158 Å². The Bertz CT molecular complexity index is 5460. The molecule has 0 amide bonds. The highest BCUT2D eigenvalue weighted by molar-refractivity contribution is 5.95. The minimum Gasteiger partial charge on any atom is -0.494 e. The Balaban J connectivity index is 0.000000214. The van der Waals surface area contributed by atoms with Crippen LogP contribution >= 0.6 is 0 Å². The van der Waals surface area contributed by atoms with Gasteiger partial charge in [0.05, 0.1) is 102 Å². The molecule has 0 spiro atoms. The molecule has 0 aliphatic carbocycles. The highest BCUT2D eigenvalue weighted by atomic mass is 16.8. The summed E-state index contributed by atoms with van der Waals surface area (Å²) in [7, 11) is 0. The van der Waals surface area contributed by atoms with Crippen molar-refractivity contribution in [1.82, 2.24) is 0 Å². The van der Waals surface area contributed by atoms with Crippen molar-refractivity contribution in [2.75, 3.05) is 79.3 Å². The molecule has 12 atom stereocenters. The van der Waals surface area contributed by atoms with Crippen LogP contribution in [0.15, 0.2) is 244 Å². The van der Waals surface area contributed by atoms with Gasteiger partial charge in [0.15, 0.2) is 36.6 Å². The zero-order chi connectivity index (χ0) is 102. The van der Waals surface area contributed by atoms with Gasteiger partial charge in [-0.15, -0.1) is 0 Å². The Morgan fingerprint density at radius 3 is 0.840 bits per heavy atom. The van der Waals surface area contributed by atoms with E-state index in [0.29, 0.717) is 38.9 Å². The molecule has 0 saturated carbocycles. The molecule has 6 fully saturated rings. The largest absolute Gasteiger partial charge is 0.513 e. The summed E-state index contributed by atoms with van der Waals surface area (Å²) in [4.78, 5) is 147. The molecular formula is C108H110O36. The summed E-state index contributed by atoms with van der Waals surface area (Å²) in [5, 5.41) is 22.8. The lowest BCUT2D eigenvalue weighted by molar-refractivity contribution is -0.328. The van der Waals surface area contributed by atoms with Gasteiger partial charge in [0.1, 0.15) is 58.9 Å². The van der Waals surface area contributed by atoms with E-state index in [0.717, 1.165) is 82.7 Å². The zero-order valence-electron chi connectivity index (χ0n) is 79.4. The second kappa shape index (κ2) is 54.1. The summed E-state index contributed by atoms with van der Waals surface area (Å²) in [5.41, 5.74) is 5.93. The van der Waals surface area contributed by atoms with E-state index in [4.69, 9.17) is 104 Å². The average molecular weight is 1980 g/mol. The van der Waals surface area contributed by atoms with Gasteiger partial charge in [-0.2, -0.15) is 0 Å². The van der Waals surface area contributed by atoms with Crippen molar-refractivity contribution in [2.45, 2.75) is 152 Å². The number of aliphatic hydroxyl groups is 2. The molecule has 144 heavy (non-hydrogen) atoms. The SMILES string of the molecule is C=CC(=O)OCCCCOC(=O)Oc1ccc(C(=O)Oc2ccc(C(=O)O[C@H]3CO[C@]4(O)[C@H](OC(=O)c5ccc(OC(=O)c6ccc(OC(=O)OCCCCOC(=O)C=C)cc6)cc5)CO[C@]34O)cc2)cc1.CCCCOc1ccc(/C=C/C(=O)O[C@@H]2CO[C@H]3[C@@H]2OC[C@@H]3OC(=O)/C=C/c2ccc(C)cc2)cc1.CCCCOc1ccc(/C=C/C(=O)O[C@@H]2CO[C@H]3[C@@H]2OC[C@H]3OC(=O)/C=C/c2ccc(C)cc2)cc1. The Labute approximate surface area is 829 Å². The van der Waals surface area contributed by atoms with Crippen LogP contribution in [0.2, 0.25) is 0 Å². The van der Waals surface area contributed by atoms with Crippen LogP contribution in [-0.4, -0.2) is 234 Å². The molecule has 0 bridgehead atoms. The fourth-order valence-corrected chi connectivity index (χ4v) is 14.6. The number of aryl methyl sites for hydroxylation is 2. The number of fused-ring (bicyclic) bond motifs is 3. The van der Waals surface area contributed by atoms with E-state index in [1.54, 1.807) is 24.3 Å². The lowest BCUT2D eigenvalue weighted by Crippen LogP contribution is -2.59. The lowest BCUT2D eigenvalue weighted by Gasteiger charge is -2.32. The zero-order valence-corrected chi connectivity index (χ0v) is 79.4. The van der Waals surface area contributed by atoms with Crippen LogP contribution in [0.1, 0.15) is 140 Å². The van der Waals surface area contributed by atoms with Crippen molar-refractivity contribution < 1.29 is 172 Å². The van der Waals surface area contributed by atoms with Crippen molar-refractivity contribution in [3.8, 4) is 34.5 Å². The Morgan fingerprint density at radius 1 is 0.306 bits per heavy atom. The van der Waals surface area contributed by atoms with Gasteiger partial charge in [0.25, 0.3) is 11.6 Å². The second-order valence-corrected chi connectivity index (χ2v) is 33.0. The van der Waals surface area contributed by atoms with Gasteiger partial charge in [-0.05, 0) is 220 Å². The molecule has 6 saturated heterocycles. The number of rotatable bonds is 42. The molecular weight excluding hydrogens is 1870 g/mol. The molecule has 0 unspecified atom stereocenters. The maximum absolute atomic E-state index is 13.1. The van der Waals surface area contributed by atoms with Crippen molar-refractivity contribution in [2.24, 2.45) is 0 Å². The van der Waals surface area contributed by atoms with Gasteiger partial charge in [-0.25, -0.2) is 57.5 Å². The number of carbonyl (C=O) groups excluding carboxylic acids is 12. The molecule has 6 heterocycles. The van der Waals surface area contributed by atoms with E-state index in [9.17, 15) is 67.7 Å². The topological polar surface area (TPSA) is 448 Å². The first kappa shape index (κ1) is 108. The van der Waals surface area contributed by atoms with E-state index in [-0.39, 0.29) is 98.1 Å². The van der Waals surface area contributed by atoms with Gasteiger partial charge >= 0.3 is 72.0 Å². The molecule has 6 aliphatic rings. The summed E-state index contributed by atoms with van der Waals surface area (Å²) in [6.07, 6.45) is 11.1. The highest BCUT2D eigenvalue weighted by Crippen LogP contribution is 2.46. The number of hydrogen-bond acceptors (Lipinski definition) is 36. The molecule has 6 aliphatic heterocycles. The normalized spacial score (nSPS) is 20.8. The number of esters is 10. The Morgan fingerprint density at radius 2 is 0.562 bits per heavy atom. The van der Waals surface area contributed by atoms with Crippen LogP contribution in [0.25, 0.3) is 24.3 Å². The Kier molecular flexibility index (Phi) is 40.4. The predicted octanol–water partition coefficient (Wildman–Crippen LogP) is 14.4. The highest BCUT2D eigenvalue weighted by Gasteiger charge is 2.73. The fraction of sp³-hybridized carbons (Fsp3) is 0.333. The third-order valence-corrected chi connectivity index (χ3v) is 22.4. The quantitative estimate of drug-likeness (QED) is 0.00896. The Hall–Kier alpha value is -15.3. The van der Waals surface area contributed by atoms with Crippen LogP contribution in [0, 0.1) is 13.8 Å². The van der Waals surface area contributed by atoms with E-state index >= 15 is 0 Å². The summed E-state index contributed by atoms with van der Waals surface area (Å²) in [6.45, 7) is 16.2. The first-order valence-electron chi connectivity index (χ1n) is 46.5. The van der Waals surface area contributed by atoms with Crippen molar-refractivity contribution >= 4 is 96.3 Å². The minimum atomic E-state index is -2.66. The molecule has 0 aromatic heterocycles. The van der Waals surface area contributed by atoms with Crippen LogP contribution in [0.4, 0.5) is 9.59 Å². The first-order valence-corrected chi connectivity index (χ1v) is 46.5. The number of carbonyl (C=O) groups is 12. The maximum Gasteiger partial charge on any atom is 0.513 e. The van der Waals surface area contributed by atoms with Crippen molar-refractivity contribution in [3.05, 3.63) is 299 Å². The molecule has 2 N–H and O–H groups in total. The van der Waals surface area contributed by atoms with Gasteiger partial charge in [-0.1, -0.05) is 124 Å². The van der Waals surface area contributed by atoms with Gasteiger partial charge in [-0.3, -0.25) is 0 Å². The third-order valence-electron chi connectivity index (χ3n) is 22.4. The van der Waals surface area contributed by atoms with E-state index in [1.807, 2.05) is 111 Å². The first-order chi connectivity index (χ1) is 69.6. The third kappa shape index (κ3) is 32.1. The standard InChI is InChI=1S/C50H46O22.2C29H32O7/c1-3-41(51)61-25-5-7-27-63-47(57)69-37-21-13-31(14-22-37)43(53)67-35-17-9-33(10-18-35)45(55)71-39-29-65-50(60)40(30-66-49(39,50)59)72-46(56)34-11-19-36(20-12-34)68-44(54)32-15-23-38(24-16-32)70-48(58)64-28-8-6-26-62-42(52)4-2;2*1-3-4-17-32-23-13-9-22(10-14-23)12-16-27(31)36-25-19-34-28-24(18-33-29(25)28)35-26(30)15-11-21-7-5-20(2)6-8-21/h3-4,9-24,39-40,59-60H,1-2,5-8,25-30H2;2*5-16,24-25,28-29H,3-4,17-19H2,1-2H3/b;2*15-11+,16-12+/t39-,40+,49-,50-;24-,25+,28+,29+;24-,25-,28-,29-/m101/s1. The smallest absolute Gasteiger partial charge is 0.494 e. The van der Waals surface area contributed by atoms with Gasteiger partial charge < -0.3 is 114 Å². The maximum atomic E-state index is 13.1. The number of ether oxygens (including phenoxy) is 22. The molecule has 36 nitrogen and oxygen atoms in total. The average Bonchev–Trinajstić information content (AvgIpc) is 1.56. The monoisotopic (exact) mass is 1980 g/mol. The van der Waals surface area contributed by atoms with Gasteiger partial charge in [0, 0.05) is 36.5 Å².